The van der Waals surface area contributed by atoms with Gasteiger partial charge in [-0.25, -0.2) is 4.98 Å². The van der Waals surface area contributed by atoms with Crippen LogP contribution in [0.5, 0.6) is 0 Å². The quantitative estimate of drug-likeness (QED) is 0.524. The highest BCUT2D eigenvalue weighted by Gasteiger charge is 2.15. The fraction of sp³-hybridized carbons (Fsp3) is 0.318. The number of nitrogens with one attached hydrogen (secondary N) is 1. The van der Waals surface area contributed by atoms with Crippen LogP contribution in [0.25, 0.3) is 0 Å². The normalized spacial score (nSPS) is 10.9. The molecule has 1 N–H and O–H groups in total. The van der Waals surface area contributed by atoms with Crippen molar-refractivity contribution in [1.29, 1.82) is 0 Å². The van der Waals surface area contributed by atoms with Crippen LogP contribution in [0.3, 0.4) is 0 Å². The monoisotopic (exact) mass is 411 g/mol. The van der Waals surface area contributed by atoms with Crippen molar-refractivity contribution in [3.63, 3.8) is 0 Å². The maximum Gasteiger partial charge on any atom is 0.254 e. The first kappa shape index (κ1) is 21.1. The smallest absolute Gasteiger partial charge is 0.254 e. The summed E-state index contributed by atoms with van der Waals surface area (Å²) >= 11 is 1.51. The predicted molar refractivity (Wildman–Crippen MR) is 113 cm³/mol. The van der Waals surface area contributed by atoms with Crippen LogP contribution in [0.2, 0.25) is 0 Å². The Hall–Kier alpha value is -2.64. The third-order valence-corrected chi connectivity index (χ3v) is 5.53. The Labute approximate surface area is 175 Å². The summed E-state index contributed by atoms with van der Waals surface area (Å²) < 4.78 is 10.6. The second kappa shape index (κ2) is 10.2. The maximum atomic E-state index is 12.7. The van der Waals surface area contributed by atoms with E-state index in [-0.39, 0.29) is 5.91 Å². The molecule has 3 rings (SSSR count). The number of pyridine rings is 1. The molecule has 0 spiro atoms. The molecule has 0 radical (unpaired) electrons. The van der Waals surface area contributed by atoms with Crippen LogP contribution in [-0.4, -0.2) is 22.7 Å². The molecule has 0 bridgehead atoms. The fourth-order valence-electron chi connectivity index (χ4n) is 2.78. The van der Waals surface area contributed by atoms with E-state index < -0.39 is 0 Å². The second-order valence-corrected chi connectivity index (χ2v) is 7.55. The first-order valence-corrected chi connectivity index (χ1v) is 10.5. The number of aryl methyl sites for hydroxylation is 2. The van der Waals surface area contributed by atoms with Gasteiger partial charge in [-0.2, -0.15) is 0 Å². The molecule has 6 nitrogen and oxygen atoms in total. The second-order valence-electron chi connectivity index (χ2n) is 6.58. The molecule has 152 valence electrons. The number of thioether (sulfide) groups is 1. The van der Waals surface area contributed by atoms with Gasteiger partial charge in [0.2, 0.25) is 0 Å². The highest BCUT2D eigenvalue weighted by molar-refractivity contribution is 7.98. The summed E-state index contributed by atoms with van der Waals surface area (Å²) in [5.41, 5.74) is 4.63. The molecule has 3 aromatic rings. The Kier molecular flexibility index (Phi) is 7.43. The molecule has 2 aromatic heterocycles. The van der Waals surface area contributed by atoms with Gasteiger partial charge in [-0.15, -0.1) is 11.8 Å². The molecule has 0 saturated heterocycles. The Balaban J connectivity index is 1.61. The van der Waals surface area contributed by atoms with Gasteiger partial charge in [0.1, 0.15) is 10.8 Å². The SMILES string of the molecule is CCOCc1ccc(CNC(=O)c2cccnc2SCc2c(C)noc2C)cc1. The lowest BCUT2D eigenvalue weighted by Gasteiger charge is -2.10. The number of aromatic nitrogens is 2. The van der Waals surface area contributed by atoms with Gasteiger partial charge in [0.15, 0.2) is 0 Å². The summed E-state index contributed by atoms with van der Waals surface area (Å²) in [5, 5.41) is 7.65. The molecule has 0 aliphatic rings. The molecule has 0 aliphatic carbocycles. The van der Waals surface area contributed by atoms with Gasteiger partial charge in [-0.3, -0.25) is 4.79 Å². The molecule has 29 heavy (non-hydrogen) atoms. The minimum atomic E-state index is -0.141. The summed E-state index contributed by atoms with van der Waals surface area (Å²) in [5.74, 6) is 1.31. The van der Waals surface area contributed by atoms with E-state index in [9.17, 15) is 4.79 Å². The molecule has 0 aliphatic heterocycles. The van der Waals surface area contributed by atoms with E-state index in [4.69, 9.17) is 9.26 Å². The van der Waals surface area contributed by atoms with E-state index in [2.05, 4.69) is 15.5 Å². The Morgan fingerprint density at radius 2 is 1.93 bits per heavy atom. The molecule has 0 atom stereocenters. The number of carbonyl (C=O) groups excluding carboxylic acids is 1. The minimum Gasteiger partial charge on any atom is -0.377 e. The number of hydrogen-bond acceptors (Lipinski definition) is 6. The largest absolute Gasteiger partial charge is 0.377 e. The van der Waals surface area contributed by atoms with E-state index in [0.29, 0.717) is 36.1 Å². The summed E-state index contributed by atoms with van der Waals surface area (Å²) in [4.78, 5) is 17.1. The number of hydrogen-bond donors (Lipinski definition) is 1. The molecule has 1 aromatic carbocycles. The van der Waals surface area contributed by atoms with Gasteiger partial charge in [0.05, 0.1) is 17.9 Å². The average Bonchev–Trinajstić information content (AvgIpc) is 3.07. The van der Waals surface area contributed by atoms with Gasteiger partial charge >= 0.3 is 0 Å². The number of rotatable bonds is 9. The Morgan fingerprint density at radius 3 is 2.62 bits per heavy atom. The van der Waals surface area contributed by atoms with E-state index in [1.54, 1.807) is 18.3 Å². The van der Waals surface area contributed by atoms with E-state index in [1.165, 1.54) is 11.8 Å². The third kappa shape index (κ3) is 5.68. The van der Waals surface area contributed by atoms with Gasteiger partial charge < -0.3 is 14.6 Å². The molecular formula is C22H25N3O3S. The zero-order chi connectivity index (χ0) is 20.6. The molecular weight excluding hydrogens is 386 g/mol. The lowest BCUT2D eigenvalue weighted by atomic mass is 10.1. The third-order valence-electron chi connectivity index (χ3n) is 4.50. The van der Waals surface area contributed by atoms with Crippen molar-refractivity contribution in [3.05, 3.63) is 76.3 Å². The Morgan fingerprint density at radius 1 is 1.17 bits per heavy atom. The first-order chi connectivity index (χ1) is 14.1. The fourth-order valence-corrected chi connectivity index (χ4v) is 3.92. The topological polar surface area (TPSA) is 77.2 Å². The van der Waals surface area contributed by atoms with Crippen LogP contribution < -0.4 is 5.32 Å². The Bertz CT molecular complexity index is 935. The van der Waals surface area contributed by atoms with Gasteiger partial charge in [-0.1, -0.05) is 29.4 Å². The minimum absolute atomic E-state index is 0.141. The van der Waals surface area contributed by atoms with Crippen LogP contribution in [0, 0.1) is 13.8 Å². The molecule has 0 saturated carbocycles. The highest BCUT2D eigenvalue weighted by atomic mass is 32.2. The summed E-state index contributed by atoms with van der Waals surface area (Å²) in [7, 11) is 0. The summed E-state index contributed by atoms with van der Waals surface area (Å²) in [6.45, 7) is 7.53. The van der Waals surface area contributed by atoms with Crippen LogP contribution >= 0.6 is 11.8 Å². The van der Waals surface area contributed by atoms with E-state index in [1.807, 2.05) is 45.0 Å². The number of nitrogens with zero attached hydrogens (tertiary/aromatic N) is 2. The van der Waals surface area contributed by atoms with Crippen molar-refractivity contribution in [2.24, 2.45) is 0 Å². The van der Waals surface area contributed by atoms with Crippen molar-refractivity contribution in [2.75, 3.05) is 6.61 Å². The number of carbonyl (C=O) groups is 1. The number of ether oxygens (including phenoxy) is 1. The average molecular weight is 412 g/mol. The maximum absolute atomic E-state index is 12.7. The van der Waals surface area contributed by atoms with E-state index in [0.717, 1.165) is 28.1 Å². The van der Waals surface area contributed by atoms with Crippen molar-refractivity contribution in [3.8, 4) is 0 Å². The van der Waals surface area contributed by atoms with Crippen LogP contribution in [0.1, 0.15) is 45.4 Å². The van der Waals surface area contributed by atoms with Crippen molar-refractivity contribution in [1.82, 2.24) is 15.5 Å². The van der Waals surface area contributed by atoms with E-state index >= 15 is 0 Å². The van der Waals surface area contributed by atoms with Crippen molar-refractivity contribution in [2.45, 2.75) is 44.7 Å². The van der Waals surface area contributed by atoms with Crippen LogP contribution in [0.15, 0.2) is 52.1 Å². The molecule has 0 fully saturated rings. The van der Waals surface area contributed by atoms with Gasteiger partial charge in [0.25, 0.3) is 5.91 Å². The lowest BCUT2D eigenvalue weighted by molar-refractivity contribution is 0.0947. The number of amides is 1. The standard InChI is InChI=1S/C22H25N3O3S/c1-4-27-13-18-9-7-17(8-10-18)12-24-21(26)19-6-5-11-23-22(19)29-14-20-15(2)25-28-16(20)3/h5-11H,4,12-14H2,1-3H3,(H,24,26). The molecule has 2 heterocycles. The van der Waals surface area contributed by atoms with Crippen LogP contribution in [0.4, 0.5) is 0 Å². The molecule has 1 amide bonds. The van der Waals surface area contributed by atoms with Crippen molar-refractivity contribution >= 4 is 17.7 Å². The molecule has 0 unspecified atom stereocenters. The zero-order valence-electron chi connectivity index (χ0n) is 16.9. The summed E-state index contributed by atoms with van der Waals surface area (Å²) in [6.07, 6.45) is 1.70. The summed E-state index contributed by atoms with van der Waals surface area (Å²) in [6, 6.07) is 11.6. The number of benzene rings is 1. The molecule has 7 heteroatoms. The van der Waals surface area contributed by atoms with Crippen molar-refractivity contribution < 1.29 is 14.1 Å². The highest BCUT2D eigenvalue weighted by Crippen LogP contribution is 2.27. The lowest BCUT2D eigenvalue weighted by Crippen LogP contribution is -2.23. The van der Waals surface area contributed by atoms with Gasteiger partial charge in [-0.05, 0) is 44.0 Å². The zero-order valence-corrected chi connectivity index (χ0v) is 17.7. The van der Waals surface area contributed by atoms with Gasteiger partial charge in [0, 0.05) is 30.7 Å². The predicted octanol–water partition coefficient (Wildman–Crippen LogP) is 4.45. The van der Waals surface area contributed by atoms with Crippen LogP contribution in [-0.2, 0) is 23.6 Å². The first-order valence-electron chi connectivity index (χ1n) is 9.51.